The van der Waals surface area contributed by atoms with E-state index in [-0.39, 0.29) is 17.5 Å². The first-order chi connectivity index (χ1) is 11.5. The molecule has 0 radical (unpaired) electrons. The molecule has 1 saturated heterocycles. The minimum atomic E-state index is -1.03. The van der Waals surface area contributed by atoms with Crippen LogP contribution in [0.25, 0.3) is 0 Å². The van der Waals surface area contributed by atoms with E-state index in [0.29, 0.717) is 17.9 Å². The second-order valence-electron chi connectivity index (χ2n) is 5.84. The van der Waals surface area contributed by atoms with Gasteiger partial charge in [0, 0.05) is 11.0 Å². The fourth-order valence-electron chi connectivity index (χ4n) is 3.09. The number of carboxylic acids is 1. The fourth-order valence-corrected chi connectivity index (χ4v) is 3.36. The van der Waals surface area contributed by atoms with Crippen LogP contribution in [-0.4, -0.2) is 33.4 Å². The molecule has 1 aromatic carbocycles. The normalized spacial score (nSPS) is 17.1. The summed E-state index contributed by atoms with van der Waals surface area (Å²) in [6, 6.07) is 11.0. The first-order valence-corrected chi connectivity index (χ1v) is 8.54. The Morgan fingerprint density at radius 3 is 2.54 bits per heavy atom. The van der Waals surface area contributed by atoms with Crippen molar-refractivity contribution in [1.82, 2.24) is 9.88 Å². The van der Waals surface area contributed by atoms with Gasteiger partial charge in [0.05, 0.1) is 17.3 Å². The van der Waals surface area contributed by atoms with Crippen molar-refractivity contribution >= 4 is 27.8 Å². The van der Waals surface area contributed by atoms with E-state index >= 15 is 0 Å². The highest BCUT2D eigenvalue weighted by Crippen LogP contribution is 2.33. The first kappa shape index (κ1) is 16.6. The summed E-state index contributed by atoms with van der Waals surface area (Å²) in [6.45, 7) is 2.29. The second kappa shape index (κ2) is 6.73. The molecule has 1 aliphatic rings. The third kappa shape index (κ3) is 3.19. The molecule has 1 aliphatic heterocycles. The van der Waals surface area contributed by atoms with Crippen LogP contribution in [0.4, 0.5) is 0 Å². The summed E-state index contributed by atoms with van der Waals surface area (Å²) in [5.41, 5.74) is 1.87. The number of amides is 1. The van der Waals surface area contributed by atoms with Gasteiger partial charge in [0.1, 0.15) is 5.69 Å². The number of halogens is 1. The van der Waals surface area contributed by atoms with Crippen LogP contribution in [0.1, 0.15) is 51.0 Å². The molecule has 0 aliphatic carbocycles. The van der Waals surface area contributed by atoms with Crippen LogP contribution >= 0.6 is 15.9 Å². The minimum absolute atomic E-state index is 0.0341. The van der Waals surface area contributed by atoms with Crippen LogP contribution in [0.5, 0.6) is 0 Å². The molecular formula is C18H17BrN2O3. The predicted octanol–water partition coefficient (Wildman–Crippen LogP) is 3.83. The molecule has 0 spiro atoms. The van der Waals surface area contributed by atoms with Crippen LogP contribution in [0.15, 0.2) is 40.9 Å². The molecule has 1 unspecified atom stereocenters. The van der Waals surface area contributed by atoms with Crippen molar-refractivity contribution in [3.05, 3.63) is 63.4 Å². The summed E-state index contributed by atoms with van der Waals surface area (Å²) >= 11 is 3.42. The highest BCUT2D eigenvalue weighted by atomic mass is 79.9. The lowest BCUT2D eigenvalue weighted by molar-refractivity contribution is 0.0689. The zero-order valence-corrected chi connectivity index (χ0v) is 14.8. The Labute approximate surface area is 148 Å². The number of carboxylic acid groups (broad SMARTS) is 1. The zero-order chi connectivity index (χ0) is 17.3. The smallest absolute Gasteiger partial charge is 0.337 e. The number of carbonyl (C=O) groups is 2. The van der Waals surface area contributed by atoms with Crippen molar-refractivity contribution in [3.8, 4) is 0 Å². The van der Waals surface area contributed by atoms with Gasteiger partial charge in [-0.3, -0.25) is 4.79 Å². The number of hydrogen-bond donors (Lipinski definition) is 1. The van der Waals surface area contributed by atoms with Gasteiger partial charge >= 0.3 is 5.97 Å². The molecule has 1 aromatic heterocycles. The number of rotatable bonds is 3. The third-order valence-electron chi connectivity index (χ3n) is 4.30. The first-order valence-electron chi connectivity index (χ1n) is 7.75. The Bertz CT molecular complexity index is 789. The average molecular weight is 389 g/mol. The van der Waals surface area contributed by atoms with Gasteiger partial charge in [-0.25, -0.2) is 9.78 Å². The lowest BCUT2D eigenvalue weighted by atomic mass is 10.0. The molecule has 6 heteroatoms. The molecule has 5 nitrogen and oxygen atoms in total. The maximum absolute atomic E-state index is 12.8. The summed E-state index contributed by atoms with van der Waals surface area (Å²) in [4.78, 5) is 29.9. The molecule has 24 heavy (non-hydrogen) atoms. The van der Waals surface area contributed by atoms with Gasteiger partial charge in [-0.1, -0.05) is 28.1 Å². The summed E-state index contributed by atoms with van der Waals surface area (Å²) in [7, 11) is 0. The molecule has 124 valence electrons. The highest BCUT2D eigenvalue weighted by Gasteiger charge is 2.31. The fraction of sp³-hybridized carbons (Fsp3) is 0.278. The Morgan fingerprint density at radius 1 is 1.21 bits per heavy atom. The molecule has 1 amide bonds. The van der Waals surface area contributed by atoms with Crippen molar-refractivity contribution in [2.24, 2.45) is 0 Å². The average Bonchev–Trinajstić information content (AvgIpc) is 3.04. The van der Waals surface area contributed by atoms with E-state index < -0.39 is 5.97 Å². The van der Waals surface area contributed by atoms with Crippen molar-refractivity contribution in [3.63, 3.8) is 0 Å². The quantitative estimate of drug-likeness (QED) is 0.866. The summed E-state index contributed by atoms with van der Waals surface area (Å²) in [5.74, 6) is -1.19. The van der Waals surface area contributed by atoms with Gasteiger partial charge in [-0.2, -0.15) is 0 Å². The van der Waals surface area contributed by atoms with E-state index in [2.05, 4.69) is 20.9 Å². The topological polar surface area (TPSA) is 70.5 Å². The van der Waals surface area contributed by atoms with Gasteiger partial charge in [0.2, 0.25) is 0 Å². The Balaban J connectivity index is 1.87. The number of benzene rings is 1. The Kier molecular flexibility index (Phi) is 4.66. The number of aromatic carboxylic acids is 1. The number of likely N-dealkylation sites (tertiary alicyclic amines) is 1. The number of pyridine rings is 1. The predicted molar refractivity (Wildman–Crippen MR) is 93.1 cm³/mol. The molecule has 1 fully saturated rings. The number of carbonyl (C=O) groups excluding carboxylic acids is 1. The van der Waals surface area contributed by atoms with Gasteiger partial charge < -0.3 is 10.0 Å². The molecule has 1 N–H and O–H groups in total. The Hall–Kier alpha value is -2.21. The van der Waals surface area contributed by atoms with E-state index in [4.69, 9.17) is 5.11 Å². The number of aromatic nitrogens is 1. The van der Waals surface area contributed by atoms with E-state index in [1.165, 1.54) is 12.1 Å². The van der Waals surface area contributed by atoms with Gasteiger partial charge in [0.25, 0.3) is 5.91 Å². The van der Waals surface area contributed by atoms with Gasteiger partial charge in [-0.15, -0.1) is 0 Å². The van der Waals surface area contributed by atoms with E-state index in [1.807, 2.05) is 29.2 Å². The maximum Gasteiger partial charge on any atom is 0.337 e. The molecule has 0 saturated carbocycles. The molecule has 2 heterocycles. The van der Waals surface area contributed by atoms with Crippen LogP contribution in [-0.2, 0) is 0 Å². The van der Waals surface area contributed by atoms with Crippen LogP contribution in [0, 0.1) is 6.92 Å². The molecule has 3 rings (SSSR count). The minimum Gasteiger partial charge on any atom is -0.478 e. The number of aryl methyl sites for hydroxylation is 1. The molecule has 0 bridgehead atoms. The van der Waals surface area contributed by atoms with Crippen LogP contribution in [0.3, 0.4) is 0 Å². The molecular weight excluding hydrogens is 372 g/mol. The van der Waals surface area contributed by atoms with Crippen molar-refractivity contribution in [1.29, 1.82) is 0 Å². The SMILES string of the molecule is Cc1nc(C(=O)N2CCCC2c2ccc(Br)cc2)ccc1C(=O)O. The molecule has 1 atom stereocenters. The Morgan fingerprint density at radius 2 is 1.92 bits per heavy atom. The van der Waals surface area contributed by atoms with Crippen LogP contribution in [0.2, 0.25) is 0 Å². The largest absolute Gasteiger partial charge is 0.478 e. The van der Waals surface area contributed by atoms with Crippen molar-refractivity contribution < 1.29 is 14.7 Å². The van der Waals surface area contributed by atoms with E-state index in [0.717, 1.165) is 22.9 Å². The van der Waals surface area contributed by atoms with Gasteiger partial charge in [-0.05, 0) is 49.6 Å². The monoisotopic (exact) mass is 388 g/mol. The lowest BCUT2D eigenvalue weighted by Crippen LogP contribution is -2.31. The number of nitrogens with zero attached hydrogens (tertiary/aromatic N) is 2. The summed E-state index contributed by atoms with van der Waals surface area (Å²) in [5, 5.41) is 9.08. The van der Waals surface area contributed by atoms with E-state index in [9.17, 15) is 9.59 Å². The van der Waals surface area contributed by atoms with E-state index in [1.54, 1.807) is 6.92 Å². The third-order valence-corrected chi connectivity index (χ3v) is 4.83. The zero-order valence-electron chi connectivity index (χ0n) is 13.2. The lowest BCUT2D eigenvalue weighted by Gasteiger charge is -2.25. The summed E-state index contributed by atoms with van der Waals surface area (Å²) in [6.07, 6.45) is 1.86. The standard InChI is InChI=1S/C18H17BrN2O3/c1-11-14(18(23)24)8-9-15(20-11)17(22)21-10-2-3-16(21)12-4-6-13(19)7-5-12/h4-9,16H,2-3,10H2,1H3,(H,23,24). The maximum atomic E-state index is 12.8. The van der Waals surface area contributed by atoms with Crippen molar-refractivity contribution in [2.75, 3.05) is 6.54 Å². The summed E-state index contributed by atoms with van der Waals surface area (Å²) < 4.78 is 1.00. The molecule has 2 aromatic rings. The second-order valence-corrected chi connectivity index (χ2v) is 6.76. The van der Waals surface area contributed by atoms with Crippen LogP contribution < -0.4 is 0 Å². The van der Waals surface area contributed by atoms with Gasteiger partial charge in [0.15, 0.2) is 0 Å². The van der Waals surface area contributed by atoms with Crippen molar-refractivity contribution in [2.45, 2.75) is 25.8 Å². The number of hydrogen-bond acceptors (Lipinski definition) is 3. The highest BCUT2D eigenvalue weighted by molar-refractivity contribution is 9.10.